The van der Waals surface area contributed by atoms with Gasteiger partial charge in [0.2, 0.25) is 5.91 Å². The molecule has 0 unspecified atom stereocenters. The zero-order valence-electron chi connectivity index (χ0n) is 13.9. The SMILES string of the molecule is CCCC(=O)Nc1ccc2c(c1)/C(=C1\C(=O)Nc3ccccc31)OC2. The van der Waals surface area contributed by atoms with Crippen molar-refractivity contribution in [2.45, 2.75) is 26.4 Å². The molecule has 2 aliphatic rings. The van der Waals surface area contributed by atoms with Crippen LogP contribution in [0, 0.1) is 0 Å². The Labute approximate surface area is 145 Å². The van der Waals surface area contributed by atoms with E-state index in [0.29, 0.717) is 30.0 Å². The molecular weight excluding hydrogens is 316 g/mol. The van der Waals surface area contributed by atoms with Crippen molar-refractivity contribution in [2.24, 2.45) is 0 Å². The molecule has 2 heterocycles. The number of hydrogen-bond donors (Lipinski definition) is 2. The quantitative estimate of drug-likeness (QED) is 0.840. The molecule has 0 fully saturated rings. The number of hydrogen-bond acceptors (Lipinski definition) is 3. The van der Waals surface area contributed by atoms with Gasteiger partial charge < -0.3 is 15.4 Å². The van der Waals surface area contributed by atoms with Crippen LogP contribution in [-0.2, 0) is 20.9 Å². The van der Waals surface area contributed by atoms with Crippen LogP contribution in [0.4, 0.5) is 11.4 Å². The zero-order valence-corrected chi connectivity index (χ0v) is 13.9. The summed E-state index contributed by atoms with van der Waals surface area (Å²) in [5.74, 6) is 0.396. The minimum Gasteiger partial charge on any atom is -0.487 e. The lowest BCUT2D eigenvalue weighted by Crippen LogP contribution is -2.10. The first-order valence-electron chi connectivity index (χ1n) is 8.38. The van der Waals surface area contributed by atoms with E-state index in [9.17, 15) is 9.59 Å². The van der Waals surface area contributed by atoms with Gasteiger partial charge in [-0.1, -0.05) is 31.2 Å². The van der Waals surface area contributed by atoms with Gasteiger partial charge in [-0.25, -0.2) is 0 Å². The molecule has 2 aromatic rings. The Balaban J connectivity index is 1.77. The van der Waals surface area contributed by atoms with Gasteiger partial charge in [-0.3, -0.25) is 9.59 Å². The van der Waals surface area contributed by atoms with Crippen molar-refractivity contribution in [2.75, 3.05) is 10.6 Å². The van der Waals surface area contributed by atoms with E-state index in [1.165, 1.54) is 0 Å². The molecule has 2 N–H and O–H groups in total. The van der Waals surface area contributed by atoms with Crippen LogP contribution >= 0.6 is 0 Å². The summed E-state index contributed by atoms with van der Waals surface area (Å²) < 4.78 is 5.85. The van der Waals surface area contributed by atoms with Gasteiger partial charge in [0.15, 0.2) is 0 Å². The molecule has 0 aliphatic carbocycles. The Morgan fingerprint density at radius 2 is 2.04 bits per heavy atom. The first kappa shape index (κ1) is 15.4. The van der Waals surface area contributed by atoms with Gasteiger partial charge >= 0.3 is 0 Å². The minimum absolute atomic E-state index is 0.0143. The van der Waals surface area contributed by atoms with E-state index in [1.54, 1.807) is 0 Å². The van der Waals surface area contributed by atoms with Crippen LogP contribution < -0.4 is 10.6 Å². The fourth-order valence-corrected chi connectivity index (χ4v) is 3.22. The largest absolute Gasteiger partial charge is 0.487 e. The standard InChI is InChI=1S/C20H18N2O3/c1-2-5-17(23)21-13-9-8-12-11-25-19(15(12)10-13)18-14-6-3-4-7-16(14)22-20(18)24/h3-4,6-10H,2,5,11H2,1H3,(H,21,23)(H,22,24)/b19-18+. The van der Waals surface area contributed by atoms with Crippen LogP contribution in [0.2, 0.25) is 0 Å². The molecule has 0 bridgehead atoms. The van der Waals surface area contributed by atoms with Crippen LogP contribution in [-0.4, -0.2) is 11.8 Å². The lowest BCUT2D eigenvalue weighted by molar-refractivity contribution is -0.116. The molecule has 2 amide bonds. The number of rotatable bonds is 3. The van der Waals surface area contributed by atoms with Crippen LogP contribution in [0.15, 0.2) is 42.5 Å². The van der Waals surface area contributed by atoms with Crippen LogP contribution in [0.1, 0.15) is 36.5 Å². The molecule has 0 atom stereocenters. The topological polar surface area (TPSA) is 67.4 Å². The number of benzene rings is 2. The zero-order chi connectivity index (χ0) is 17.4. The van der Waals surface area contributed by atoms with Crippen molar-refractivity contribution >= 4 is 34.5 Å². The Morgan fingerprint density at radius 1 is 1.20 bits per heavy atom. The molecule has 5 heteroatoms. The maximum absolute atomic E-state index is 12.5. The average molecular weight is 334 g/mol. The van der Waals surface area contributed by atoms with Crippen molar-refractivity contribution in [3.05, 3.63) is 59.2 Å². The molecule has 25 heavy (non-hydrogen) atoms. The van der Waals surface area contributed by atoms with Crippen molar-refractivity contribution in [1.82, 2.24) is 0 Å². The number of carbonyl (C=O) groups excluding carboxylic acids is 2. The van der Waals surface area contributed by atoms with E-state index in [2.05, 4.69) is 10.6 Å². The third-order valence-corrected chi connectivity index (χ3v) is 4.39. The molecule has 0 aromatic heterocycles. The highest BCUT2D eigenvalue weighted by molar-refractivity contribution is 6.36. The first-order valence-corrected chi connectivity index (χ1v) is 8.38. The maximum Gasteiger partial charge on any atom is 0.260 e. The molecule has 126 valence electrons. The Morgan fingerprint density at radius 3 is 2.88 bits per heavy atom. The summed E-state index contributed by atoms with van der Waals surface area (Å²) in [7, 11) is 0. The van der Waals surface area contributed by atoms with E-state index in [-0.39, 0.29) is 11.8 Å². The summed E-state index contributed by atoms with van der Waals surface area (Å²) in [5.41, 5.74) is 4.76. The summed E-state index contributed by atoms with van der Waals surface area (Å²) in [4.78, 5) is 24.3. The van der Waals surface area contributed by atoms with Gasteiger partial charge in [-0.2, -0.15) is 0 Å². The number of carbonyl (C=O) groups is 2. The molecule has 0 saturated carbocycles. The predicted octanol–water partition coefficient (Wildman–Crippen LogP) is 3.78. The Bertz CT molecular complexity index is 915. The van der Waals surface area contributed by atoms with Crippen molar-refractivity contribution < 1.29 is 14.3 Å². The number of para-hydroxylation sites is 1. The second-order valence-electron chi connectivity index (χ2n) is 6.16. The van der Waals surface area contributed by atoms with E-state index in [1.807, 2.05) is 49.4 Å². The summed E-state index contributed by atoms with van der Waals surface area (Å²) in [6.07, 6.45) is 1.28. The van der Waals surface area contributed by atoms with Gasteiger partial charge in [0.1, 0.15) is 12.4 Å². The Hall–Kier alpha value is -3.08. The fourth-order valence-electron chi connectivity index (χ4n) is 3.22. The number of nitrogens with one attached hydrogen (secondary N) is 2. The second kappa shape index (κ2) is 6.09. The number of fused-ring (bicyclic) bond motifs is 2. The fraction of sp³-hybridized carbons (Fsp3) is 0.200. The van der Waals surface area contributed by atoms with Gasteiger partial charge in [0, 0.05) is 34.5 Å². The normalized spacial score (nSPS) is 17.6. The highest BCUT2D eigenvalue weighted by Gasteiger charge is 2.32. The van der Waals surface area contributed by atoms with Crippen LogP contribution in [0.3, 0.4) is 0 Å². The van der Waals surface area contributed by atoms with Crippen molar-refractivity contribution in [3.8, 4) is 0 Å². The first-order chi connectivity index (χ1) is 12.2. The molecule has 4 rings (SSSR count). The molecular formula is C20H18N2O3. The minimum atomic E-state index is -0.163. The predicted molar refractivity (Wildman–Crippen MR) is 96.7 cm³/mol. The highest BCUT2D eigenvalue weighted by Crippen LogP contribution is 2.42. The smallest absolute Gasteiger partial charge is 0.260 e. The lowest BCUT2D eigenvalue weighted by Gasteiger charge is -2.08. The number of amides is 2. The van der Waals surface area contributed by atoms with Gasteiger partial charge in [-0.05, 0) is 24.6 Å². The second-order valence-corrected chi connectivity index (χ2v) is 6.16. The van der Waals surface area contributed by atoms with E-state index < -0.39 is 0 Å². The van der Waals surface area contributed by atoms with Gasteiger partial charge in [-0.15, -0.1) is 0 Å². The monoisotopic (exact) mass is 334 g/mol. The molecule has 2 aliphatic heterocycles. The van der Waals surface area contributed by atoms with Crippen LogP contribution in [0.5, 0.6) is 0 Å². The maximum atomic E-state index is 12.5. The summed E-state index contributed by atoms with van der Waals surface area (Å²) in [6.45, 7) is 2.39. The third-order valence-electron chi connectivity index (χ3n) is 4.39. The van der Waals surface area contributed by atoms with Crippen LogP contribution in [0.25, 0.3) is 11.3 Å². The third kappa shape index (κ3) is 2.67. The van der Waals surface area contributed by atoms with Crippen molar-refractivity contribution in [3.63, 3.8) is 0 Å². The summed E-state index contributed by atoms with van der Waals surface area (Å²) >= 11 is 0. The molecule has 0 radical (unpaired) electrons. The van der Waals surface area contributed by atoms with E-state index in [0.717, 1.165) is 28.8 Å². The van der Waals surface area contributed by atoms with E-state index >= 15 is 0 Å². The molecule has 0 spiro atoms. The molecule has 0 saturated heterocycles. The average Bonchev–Trinajstić information content (AvgIpc) is 3.14. The van der Waals surface area contributed by atoms with Crippen molar-refractivity contribution in [1.29, 1.82) is 0 Å². The molecule has 5 nitrogen and oxygen atoms in total. The lowest BCUT2D eigenvalue weighted by atomic mass is 10.00. The van der Waals surface area contributed by atoms with Gasteiger partial charge in [0.25, 0.3) is 5.91 Å². The summed E-state index contributed by atoms with van der Waals surface area (Å²) in [6, 6.07) is 13.2. The highest BCUT2D eigenvalue weighted by atomic mass is 16.5. The molecule has 2 aromatic carbocycles. The number of anilines is 2. The Kier molecular flexibility index (Phi) is 3.76. The van der Waals surface area contributed by atoms with E-state index in [4.69, 9.17) is 4.74 Å². The van der Waals surface area contributed by atoms with Gasteiger partial charge in [0.05, 0.1) is 5.57 Å². The number of ether oxygens (including phenoxy) is 1. The summed E-state index contributed by atoms with van der Waals surface area (Å²) in [5, 5.41) is 5.77.